The maximum absolute atomic E-state index is 12.2. The predicted octanol–water partition coefficient (Wildman–Crippen LogP) is 2.71. The molecule has 1 aliphatic carbocycles. The molecular weight excluding hydrogens is 256 g/mol. The van der Waals surface area contributed by atoms with Crippen molar-refractivity contribution in [2.45, 2.75) is 59.4 Å². The van der Waals surface area contributed by atoms with Gasteiger partial charge in [0, 0.05) is 25.6 Å². The molecule has 5 nitrogen and oxygen atoms in total. The van der Waals surface area contributed by atoms with Gasteiger partial charge in [-0.15, -0.1) is 0 Å². The lowest BCUT2D eigenvalue weighted by Crippen LogP contribution is -2.46. The second-order valence-electron chi connectivity index (χ2n) is 6.46. The highest BCUT2D eigenvalue weighted by Crippen LogP contribution is 2.51. The maximum Gasteiger partial charge on any atom is 0.317 e. The van der Waals surface area contributed by atoms with Crippen molar-refractivity contribution in [2.24, 2.45) is 11.3 Å². The lowest BCUT2D eigenvalue weighted by Gasteiger charge is -2.28. The Balaban J connectivity index is 2.42. The summed E-state index contributed by atoms with van der Waals surface area (Å²) in [6, 6.07) is 0.00955. The van der Waals surface area contributed by atoms with Crippen molar-refractivity contribution in [3.8, 4) is 0 Å². The lowest BCUT2D eigenvalue weighted by molar-refractivity contribution is -0.137. The highest BCUT2D eigenvalue weighted by atomic mass is 16.4. The molecule has 116 valence electrons. The minimum Gasteiger partial charge on any atom is -0.481 e. The van der Waals surface area contributed by atoms with Gasteiger partial charge in [0.15, 0.2) is 0 Å². The van der Waals surface area contributed by atoms with Gasteiger partial charge in [-0.05, 0) is 44.4 Å². The van der Waals surface area contributed by atoms with Crippen LogP contribution >= 0.6 is 0 Å². The molecule has 0 aromatic rings. The molecule has 1 rings (SSSR count). The molecule has 2 N–H and O–H groups in total. The SMILES string of the molecule is CC(C)N(CCCC(=O)O)C(=O)NCC1(C(C)C)CC1. The van der Waals surface area contributed by atoms with Crippen LogP contribution in [-0.2, 0) is 4.79 Å². The van der Waals surface area contributed by atoms with Gasteiger partial charge in [-0.25, -0.2) is 4.79 Å². The molecule has 20 heavy (non-hydrogen) atoms. The van der Waals surface area contributed by atoms with Crippen LogP contribution in [0.1, 0.15) is 53.4 Å². The number of nitrogens with zero attached hydrogens (tertiary/aromatic N) is 1. The molecule has 0 atom stereocenters. The van der Waals surface area contributed by atoms with Crippen LogP contribution < -0.4 is 5.32 Å². The van der Waals surface area contributed by atoms with Crippen LogP contribution in [0.25, 0.3) is 0 Å². The average molecular weight is 284 g/mol. The summed E-state index contributed by atoms with van der Waals surface area (Å²) in [5.74, 6) is -0.229. The lowest BCUT2D eigenvalue weighted by atomic mass is 9.92. The summed E-state index contributed by atoms with van der Waals surface area (Å²) in [5, 5.41) is 11.7. The Kier molecular flexibility index (Phi) is 5.84. The first kappa shape index (κ1) is 16.8. The fraction of sp³-hybridized carbons (Fsp3) is 0.867. The van der Waals surface area contributed by atoms with Gasteiger partial charge in [0.05, 0.1) is 0 Å². The van der Waals surface area contributed by atoms with Gasteiger partial charge >= 0.3 is 12.0 Å². The van der Waals surface area contributed by atoms with Crippen molar-refractivity contribution in [3.63, 3.8) is 0 Å². The Morgan fingerprint density at radius 2 is 1.85 bits per heavy atom. The van der Waals surface area contributed by atoms with Crippen LogP contribution in [0.3, 0.4) is 0 Å². The van der Waals surface area contributed by atoms with Crippen molar-refractivity contribution in [3.05, 3.63) is 0 Å². The molecule has 0 spiro atoms. The highest BCUT2D eigenvalue weighted by molar-refractivity contribution is 5.74. The number of carbonyl (C=O) groups excluding carboxylic acids is 1. The molecule has 0 aliphatic heterocycles. The Bertz CT molecular complexity index is 349. The van der Waals surface area contributed by atoms with Crippen LogP contribution in [0.4, 0.5) is 4.79 Å². The number of hydrogen-bond acceptors (Lipinski definition) is 2. The number of carboxylic acid groups (broad SMARTS) is 1. The molecule has 0 aromatic heterocycles. The molecule has 1 fully saturated rings. The first-order valence-corrected chi connectivity index (χ1v) is 7.55. The summed E-state index contributed by atoms with van der Waals surface area (Å²) in [7, 11) is 0. The van der Waals surface area contributed by atoms with E-state index in [1.54, 1.807) is 4.90 Å². The standard InChI is InChI=1S/C15H28N2O3/c1-11(2)15(7-8-15)10-16-14(20)17(12(3)4)9-5-6-13(18)19/h11-12H,5-10H2,1-4H3,(H,16,20)(H,18,19). The van der Waals surface area contributed by atoms with Crippen molar-refractivity contribution in [1.82, 2.24) is 10.2 Å². The monoisotopic (exact) mass is 284 g/mol. The minimum absolute atomic E-state index is 0.0719. The van der Waals surface area contributed by atoms with Crippen LogP contribution in [-0.4, -0.2) is 41.1 Å². The predicted molar refractivity (Wildman–Crippen MR) is 78.6 cm³/mol. The fourth-order valence-electron chi connectivity index (χ4n) is 2.47. The first-order chi connectivity index (χ1) is 9.28. The van der Waals surface area contributed by atoms with Crippen LogP contribution in [0, 0.1) is 11.3 Å². The Morgan fingerprint density at radius 1 is 1.25 bits per heavy atom. The topological polar surface area (TPSA) is 69.6 Å². The molecule has 0 saturated heterocycles. The third-order valence-corrected chi connectivity index (χ3v) is 4.38. The number of carboxylic acids is 1. The van der Waals surface area contributed by atoms with E-state index in [-0.39, 0.29) is 18.5 Å². The van der Waals surface area contributed by atoms with Gasteiger partial charge in [-0.2, -0.15) is 0 Å². The van der Waals surface area contributed by atoms with E-state index in [0.717, 1.165) is 6.54 Å². The van der Waals surface area contributed by atoms with Gasteiger partial charge in [-0.3, -0.25) is 4.79 Å². The van der Waals surface area contributed by atoms with Gasteiger partial charge in [-0.1, -0.05) is 13.8 Å². The van der Waals surface area contributed by atoms with Crippen molar-refractivity contribution in [2.75, 3.05) is 13.1 Å². The molecule has 2 amide bonds. The zero-order valence-electron chi connectivity index (χ0n) is 13.1. The number of aliphatic carboxylic acids is 1. The second-order valence-corrected chi connectivity index (χ2v) is 6.46. The minimum atomic E-state index is -0.814. The van der Waals surface area contributed by atoms with Crippen LogP contribution in [0.2, 0.25) is 0 Å². The molecule has 0 unspecified atom stereocenters. The van der Waals surface area contributed by atoms with E-state index in [4.69, 9.17) is 5.11 Å². The zero-order chi connectivity index (χ0) is 15.3. The average Bonchev–Trinajstić information content (AvgIpc) is 3.12. The van der Waals surface area contributed by atoms with Crippen molar-refractivity contribution < 1.29 is 14.7 Å². The number of hydrogen-bond donors (Lipinski definition) is 2. The van der Waals surface area contributed by atoms with Gasteiger partial charge < -0.3 is 15.3 Å². The zero-order valence-corrected chi connectivity index (χ0v) is 13.1. The molecule has 1 saturated carbocycles. The molecule has 5 heteroatoms. The molecular formula is C15H28N2O3. The van der Waals surface area contributed by atoms with E-state index in [0.29, 0.717) is 24.3 Å². The first-order valence-electron chi connectivity index (χ1n) is 7.55. The van der Waals surface area contributed by atoms with Crippen molar-refractivity contribution >= 4 is 12.0 Å². The number of rotatable bonds is 8. The van der Waals surface area contributed by atoms with Gasteiger partial charge in [0.25, 0.3) is 0 Å². The number of urea groups is 1. The fourth-order valence-corrected chi connectivity index (χ4v) is 2.47. The second kappa shape index (κ2) is 6.95. The molecule has 0 aromatic carbocycles. The van der Waals surface area contributed by atoms with E-state index in [9.17, 15) is 9.59 Å². The van der Waals surface area contributed by atoms with Gasteiger partial charge in [0.2, 0.25) is 0 Å². The van der Waals surface area contributed by atoms with E-state index in [2.05, 4.69) is 19.2 Å². The smallest absolute Gasteiger partial charge is 0.317 e. The third kappa shape index (κ3) is 4.69. The Labute approximate surface area is 121 Å². The summed E-state index contributed by atoms with van der Waals surface area (Å²) in [6.45, 7) is 9.53. The summed E-state index contributed by atoms with van der Waals surface area (Å²) in [5.41, 5.74) is 0.291. The molecule has 0 heterocycles. The summed E-state index contributed by atoms with van der Waals surface area (Å²) in [4.78, 5) is 24.5. The summed E-state index contributed by atoms with van der Waals surface area (Å²) < 4.78 is 0. The van der Waals surface area contributed by atoms with E-state index >= 15 is 0 Å². The molecule has 0 radical (unpaired) electrons. The van der Waals surface area contributed by atoms with Crippen LogP contribution in [0.15, 0.2) is 0 Å². The molecule has 0 bridgehead atoms. The number of amides is 2. The van der Waals surface area contributed by atoms with Crippen molar-refractivity contribution in [1.29, 1.82) is 0 Å². The summed E-state index contributed by atoms with van der Waals surface area (Å²) >= 11 is 0. The number of nitrogens with one attached hydrogen (secondary N) is 1. The number of carbonyl (C=O) groups is 2. The van der Waals surface area contributed by atoms with Crippen LogP contribution in [0.5, 0.6) is 0 Å². The normalized spacial score (nSPS) is 16.3. The van der Waals surface area contributed by atoms with E-state index in [1.807, 2.05) is 13.8 Å². The van der Waals surface area contributed by atoms with E-state index < -0.39 is 5.97 Å². The Morgan fingerprint density at radius 3 is 2.25 bits per heavy atom. The third-order valence-electron chi connectivity index (χ3n) is 4.38. The Hall–Kier alpha value is -1.26. The molecule has 1 aliphatic rings. The summed E-state index contributed by atoms with van der Waals surface area (Å²) in [6.07, 6.45) is 2.97. The maximum atomic E-state index is 12.2. The van der Waals surface area contributed by atoms with E-state index in [1.165, 1.54) is 12.8 Å². The largest absolute Gasteiger partial charge is 0.481 e. The quantitative estimate of drug-likeness (QED) is 0.720. The highest BCUT2D eigenvalue weighted by Gasteiger charge is 2.45. The van der Waals surface area contributed by atoms with Gasteiger partial charge in [0.1, 0.15) is 0 Å².